The maximum Gasteiger partial charge on any atom is 0.111 e. The predicted octanol–water partition coefficient (Wildman–Crippen LogP) is 0.760. The van der Waals surface area contributed by atoms with Crippen LogP contribution in [0.15, 0.2) is 12.7 Å². The summed E-state index contributed by atoms with van der Waals surface area (Å²) >= 11 is 0. The van der Waals surface area contributed by atoms with Crippen LogP contribution in [0.5, 0.6) is 0 Å². The maximum atomic E-state index is 10.0. The van der Waals surface area contributed by atoms with E-state index in [1.165, 1.54) is 0 Å². The second-order valence-electron chi connectivity index (χ2n) is 1.90. The van der Waals surface area contributed by atoms with Gasteiger partial charge in [0.15, 0.2) is 0 Å². The van der Waals surface area contributed by atoms with Gasteiger partial charge in [-0.2, -0.15) is 0 Å². The summed E-state index contributed by atoms with van der Waals surface area (Å²) < 4.78 is 4.92. The van der Waals surface area contributed by atoms with E-state index in [1.54, 1.807) is 6.08 Å². The highest BCUT2D eigenvalue weighted by Crippen LogP contribution is 2.24. The Morgan fingerprint density at radius 3 is 2.75 bits per heavy atom. The van der Waals surface area contributed by atoms with Gasteiger partial charge >= 0.3 is 0 Å². The van der Waals surface area contributed by atoms with Crippen molar-refractivity contribution in [1.29, 1.82) is 0 Å². The zero-order valence-electron chi connectivity index (χ0n) is 4.67. The molecule has 0 bridgehead atoms. The van der Waals surface area contributed by atoms with Crippen molar-refractivity contribution in [3.05, 3.63) is 12.7 Å². The largest absolute Gasteiger partial charge is 0.367 e. The molecule has 0 spiro atoms. The number of hydrogen-bond donors (Lipinski definition) is 0. The van der Waals surface area contributed by atoms with Crippen LogP contribution in [0.1, 0.15) is 6.42 Å². The summed E-state index contributed by atoms with van der Waals surface area (Å²) in [4.78, 5) is 0. The van der Waals surface area contributed by atoms with Crippen LogP contribution in [0.2, 0.25) is 0 Å². The predicted molar refractivity (Wildman–Crippen MR) is 29.0 cm³/mol. The van der Waals surface area contributed by atoms with Gasteiger partial charge in [0, 0.05) is 0 Å². The van der Waals surface area contributed by atoms with Crippen LogP contribution >= 0.6 is 0 Å². The van der Waals surface area contributed by atoms with Crippen molar-refractivity contribution in [2.45, 2.75) is 18.6 Å². The monoisotopic (exact) mass is 113 g/mol. The lowest BCUT2D eigenvalue weighted by molar-refractivity contribution is 0.164. The fourth-order valence-corrected chi connectivity index (χ4v) is 0.697. The Bertz CT molecular complexity index is 90.5. The van der Waals surface area contributed by atoms with Gasteiger partial charge in [-0.15, -0.1) is 6.58 Å². The topological polar surface area (TPSA) is 32.4 Å². The van der Waals surface area contributed by atoms with Crippen molar-refractivity contribution in [3.8, 4) is 0 Å². The van der Waals surface area contributed by atoms with Crippen LogP contribution in [-0.4, -0.2) is 18.8 Å². The van der Waals surface area contributed by atoms with Gasteiger partial charge in [0.2, 0.25) is 0 Å². The maximum absolute atomic E-state index is 10.0. The quantitative estimate of drug-likeness (QED) is 0.393. The lowest BCUT2D eigenvalue weighted by Gasteiger charge is -1.78. The van der Waals surface area contributed by atoms with Gasteiger partial charge in [-0.25, -0.2) is 5.11 Å². The van der Waals surface area contributed by atoms with Crippen LogP contribution in [0, 0.1) is 0 Å². The summed E-state index contributed by atoms with van der Waals surface area (Å²) in [6, 6.07) is 0. The molecule has 1 heterocycles. The van der Waals surface area contributed by atoms with Crippen molar-refractivity contribution in [2.75, 3.05) is 6.61 Å². The van der Waals surface area contributed by atoms with Crippen LogP contribution in [-0.2, 0) is 9.84 Å². The number of epoxide rings is 1. The molecule has 0 aliphatic carbocycles. The van der Waals surface area contributed by atoms with Gasteiger partial charge in [0.1, 0.15) is 12.7 Å². The Hall–Kier alpha value is -0.340. The first-order valence-corrected chi connectivity index (χ1v) is 2.73. The summed E-state index contributed by atoms with van der Waals surface area (Å²) in [5, 5.41) is 10.0. The fourth-order valence-electron chi connectivity index (χ4n) is 0.697. The third kappa shape index (κ3) is 1.08. The highest BCUT2D eigenvalue weighted by Gasteiger charge is 2.36. The van der Waals surface area contributed by atoms with E-state index in [0.717, 1.165) is 6.42 Å². The second-order valence-corrected chi connectivity index (χ2v) is 1.90. The first-order valence-electron chi connectivity index (χ1n) is 2.73. The zero-order chi connectivity index (χ0) is 5.98. The molecule has 0 aromatic heterocycles. The molecular formula is C6H9O2. The van der Waals surface area contributed by atoms with E-state index in [2.05, 4.69) is 6.58 Å². The Morgan fingerprint density at radius 2 is 2.38 bits per heavy atom. The van der Waals surface area contributed by atoms with Crippen molar-refractivity contribution in [3.63, 3.8) is 0 Å². The lowest BCUT2D eigenvalue weighted by atomic mass is 10.2. The van der Waals surface area contributed by atoms with E-state index in [4.69, 9.17) is 4.74 Å². The molecule has 2 unspecified atom stereocenters. The minimum absolute atomic E-state index is 0.00648. The second kappa shape index (κ2) is 2.29. The number of rotatable bonds is 3. The Kier molecular flexibility index (Phi) is 1.65. The van der Waals surface area contributed by atoms with Gasteiger partial charge in [-0.3, -0.25) is 0 Å². The molecule has 0 saturated carbocycles. The van der Waals surface area contributed by atoms with E-state index in [-0.39, 0.29) is 18.8 Å². The molecule has 1 aliphatic heterocycles. The molecule has 45 valence electrons. The molecule has 1 fully saturated rings. The number of hydrogen-bond acceptors (Lipinski definition) is 1. The molecule has 1 radical (unpaired) electrons. The van der Waals surface area contributed by atoms with Crippen LogP contribution in [0.25, 0.3) is 0 Å². The van der Waals surface area contributed by atoms with Crippen molar-refractivity contribution in [1.82, 2.24) is 0 Å². The molecule has 2 atom stereocenters. The molecule has 0 aromatic carbocycles. The smallest absolute Gasteiger partial charge is 0.111 e. The van der Waals surface area contributed by atoms with Crippen molar-refractivity contribution >= 4 is 0 Å². The molecule has 1 aliphatic rings. The normalized spacial score (nSPS) is 34.6. The van der Waals surface area contributed by atoms with Gasteiger partial charge in [-0.05, 0) is 6.42 Å². The van der Waals surface area contributed by atoms with Gasteiger partial charge < -0.3 is 4.74 Å². The third-order valence-corrected chi connectivity index (χ3v) is 1.25. The van der Waals surface area contributed by atoms with E-state index in [0.29, 0.717) is 0 Å². The van der Waals surface area contributed by atoms with Crippen LogP contribution in [0.3, 0.4) is 0 Å². The van der Waals surface area contributed by atoms with Gasteiger partial charge in [-0.1, -0.05) is 6.08 Å². The highest BCUT2D eigenvalue weighted by molar-refractivity contribution is 4.89. The highest BCUT2D eigenvalue weighted by atomic mass is 16.6. The Labute approximate surface area is 48.8 Å². The van der Waals surface area contributed by atoms with E-state index < -0.39 is 0 Å². The summed E-state index contributed by atoms with van der Waals surface area (Å²) in [5.41, 5.74) is 0. The summed E-state index contributed by atoms with van der Waals surface area (Å²) in [6.45, 7) is 3.43. The van der Waals surface area contributed by atoms with E-state index >= 15 is 0 Å². The minimum Gasteiger partial charge on any atom is -0.367 e. The first-order chi connectivity index (χ1) is 3.88. The minimum atomic E-state index is -0.0987. The molecule has 2 nitrogen and oxygen atoms in total. The fraction of sp³-hybridized carbons (Fsp3) is 0.667. The average molecular weight is 113 g/mol. The van der Waals surface area contributed by atoms with Crippen LogP contribution in [0.4, 0.5) is 0 Å². The van der Waals surface area contributed by atoms with E-state index in [9.17, 15) is 5.11 Å². The molecule has 1 rings (SSSR count). The standard InChI is InChI=1S/C6H9O2/c1-2-3-5-6(4-7)8-5/h2,5-6H,1,3-4H2. The van der Waals surface area contributed by atoms with Gasteiger partial charge in [0.05, 0.1) is 6.10 Å². The number of ether oxygens (including phenoxy) is 1. The molecule has 0 aromatic rings. The molecule has 2 heteroatoms. The van der Waals surface area contributed by atoms with Crippen molar-refractivity contribution < 1.29 is 9.84 Å². The molecule has 0 N–H and O–H groups in total. The summed E-state index contributed by atoms with van der Waals surface area (Å²) in [5.74, 6) is 0. The summed E-state index contributed by atoms with van der Waals surface area (Å²) in [7, 11) is 0. The van der Waals surface area contributed by atoms with Crippen LogP contribution < -0.4 is 0 Å². The molecular weight excluding hydrogens is 104 g/mol. The summed E-state index contributed by atoms with van der Waals surface area (Å²) in [6.07, 6.45) is 2.80. The zero-order valence-corrected chi connectivity index (χ0v) is 4.67. The molecule has 0 amide bonds. The van der Waals surface area contributed by atoms with Gasteiger partial charge in [0.25, 0.3) is 0 Å². The first kappa shape index (κ1) is 5.79. The Balaban J connectivity index is 2.07. The SMILES string of the molecule is C=CCC1OC1C[O]. The van der Waals surface area contributed by atoms with E-state index in [1.807, 2.05) is 0 Å². The van der Waals surface area contributed by atoms with Crippen molar-refractivity contribution in [2.24, 2.45) is 0 Å². The average Bonchev–Trinajstić information content (AvgIpc) is 2.48. The third-order valence-electron chi connectivity index (χ3n) is 1.25. The molecule has 1 saturated heterocycles. The Morgan fingerprint density at radius 1 is 1.62 bits per heavy atom. The lowest BCUT2D eigenvalue weighted by Crippen LogP contribution is -1.95. The molecule has 8 heavy (non-hydrogen) atoms.